The number of aryl methyl sites for hydroxylation is 1. The fraction of sp³-hybridized carbons (Fsp3) is 0.571. The molecule has 2 heterocycles. The van der Waals surface area contributed by atoms with E-state index in [-0.39, 0.29) is 0 Å². The zero-order valence-electron chi connectivity index (χ0n) is 11.4. The van der Waals surface area contributed by atoms with Crippen molar-refractivity contribution in [2.45, 2.75) is 51.6 Å². The molecule has 0 amide bonds. The molecular formula is C14H21N5. The lowest BCUT2D eigenvalue weighted by Gasteiger charge is -2.24. The summed E-state index contributed by atoms with van der Waals surface area (Å²) < 4.78 is 4.19. The van der Waals surface area contributed by atoms with Crippen LogP contribution in [0.4, 0.5) is 11.6 Å². The fourth-order valence-corrected chi connectivity index (χ4v) is 2.79. The fourth-order valence-electron chi connectivity index (χ4n) is 2.79. The van der Waals surface area contributed by atoms with Crippen LogP contribution in [0.3, 0.4) is 0 Å². The van der Waals surface area contributed by atoms with Crippen molar-refractivity contribution in [2.24, 2.45) is 0 Å². The van der Waals surface area contributed by atoms with Crippen LogP contribution >= 0.6 is 0 Å². The second-order valence-electron chi connectivity index (χ2n) is 5.16. The molecule has 1 fully saturated rings. The first-order valence-electron chi connectivity index (χ1n) is 7.19. The zero-order valence-corrected chi connectivity index (χ0v) is 11.4. The Labute approximate surface area is 113 Å². The smallest absolute Gasteiger partial charge is 0.207 e. The Morgan fingerprint density at radius 3 is 2.89 bits per heavy atom. The highest BCUT2D eigenvalue weighted by atomic mass is 15.3. The summed E-state index contributed by atoms with van der Waals surface area (Å²) in [6.45, 7) is 2.97. The molecule has 19 heavy (non-hydrogen) atoms. The first-order chi connectivity index (χ1) is 9.36. The van der Waals surface area contributed by atoms with E-state index < -0.39 is 0 Å². The van der Waals surface area contributed by atoms with Gasteiger partial charge in [0.15, 0.2) is 0 Å². The molecule has 2 aromatic heterocycles. The van der Waals surface area contributed by atoms with Gasteiger partial charge in [-0.1, -0.05) is 19.3 Å². The van der Waals surface area contributed by atoms with Crippen LogP contribution in [-0.2, 0) is 6.54 Å². The topological polar surface area (TPSA) is 47.7 Å². The van der Waals surface area contributed by atoms with Gasteiger partial charge in [0.1, 0.15) is 0 Å². The third kappa shape index (κ3) is 2.64. The van der Waals surface area contributed by atoms with E-state index in [0.29, 0.717) is 6.04 Å². The molecule has 102 valence electrons. The van der Waals surface area contributed by atoms with Gasteiger partial charge in [0.2, 0.25) is 5.95 Å². The first-order valence-corrected chi connectivity index (χ1v) is 7.19. The van der Waals surface area contributed by atoms with Crippen molar-refractivity contribution in [1.29, 1.82) is 0 Å². The van der Waals surface area contributed by atoms with Crippen LogP contribution in [0.15, 0.2) is 24.8 Å². The Balaban J connectivity index is 1.75. The van der Waals surface area contributed by atoms with Gasteiger partial charge in [-0.3, -0.25) is 4.68 Å². The van der Waals surface area contributed by atoms with Gasteiger partial charge in [0.05, 0.1) is 11.9 Å². The predicted octanol–water partition coefficient (Wildman–Crippen LogP) is 3.35. The highest BCUT2D eigenvalue weighted by Crippen LogP contribution is 2.30. The number of nitrogens with zero attached hydrogens (tertiary/aromatic N) is 4. The lowest BCUT2D eigenvalue weighted by atomic mass is 9.95. The molecule has 0 bridgehead atoms. The number of aromatic nitrogens is 4. The van der Waals surface area contributed by atoms with Gasteiger partial charge in [-0.15, -0.1) is 0 Å². The van der Waals surface area contributed by atoms with Crippen molar-refractivity contribution in [3.05, 3.63) is 24.8 Å². The summed E-state index contributed by atoms with van der Waals surface area (Å²) in [5, 5.41) is 7.65. The molecule has 0 atom stereocenters. The summed E-state index contributed by atoms with van der Waals surface area (Å²) in [5.41, 5.74) is 1.00. The van der Waals surface area contributed by atoms with E-state index in [1.54, 1.807) is 0 Å². The van der Waals surface area contributed by atoms with Crippen LogP contribution in [0.5, 0.6) is 0 Å². The van der Waals surface area contributed by atoms with Crippen LogP contribution in [0.2, 0.25) is 0 Å². The SMILES string of the molecule is CCn1cc(Nc2nccn2C2CCCCC2)cn1. The molecule has 0 radical (unpaired) electrons. The van der Waals surface area contributed by atoms with E-state index >= 15 is 0 Å². The second kappa shape index (κ2) is 5.47. The molecule has 1 aliphatic carbocycles. The Hall–Kier alpha value is -1.78. The molecule has 0 spiro atoms. The van der Waals surface area contributed by atoms with Gasteiger partial charge in [-0.05, 0) is 19.8 Å². The highest BCUT2D eigenvalue weighted by Gasteiger charge is 2.17. The molecule has 1 aliphatic rings. The van der Waals surface area contributed by atoms with Crippen LogP contribution in [-0.4, -0.2) is 19.3 Å². The van der Waals surface area contributed by atoms with E-state index in [2.05, 4.69) is 33.1 Å². The highest BCUT2D eigenvalue weighted by molar-refractivity contribution is 5.51. The van der Waals surface area contributed by atoms with E-state index in [1.165, 1.54) is 32.1 Å². The maximum atomic E-state index is 4.44. The first kappa shape index (κ1) is 12.3. The molecule has 5 nitrogen and oxygen atoms in total. The molecule has 1 N–H and O–H groups in total. The van der Waals surface area contributed by atoms with E-state index in [0.717, 1.165) is 18.2 Å². The van der Waals surface area contributed by atoms with E-state index in [1.807, 2.05) is 23.3 Å². The number of nitrogens with one attached hydrogen (secondary N) is 1. The van der Waals surface area contributed by atoms with Crippen molar-refractivity contribution < 1.29 is 0 Å². The van der Waals surface area contributed by atoms with Crippen LogP contribution < -0.4 is 5.32 Å². The van der Waals surface area contributed by atoms with Crippen LogP contribution in [0.1, 0.15) is 45.1 Å². The predicted molar refractivity (Wildman–Crippen MR) is 75.5 cm³/mol. The molecule has 0 aliphatic heterocycles. The lowest BCUT2D eigenvalue weighted by Crippen LogP contribution is -2.14. The van der Waals surface area contributed by atoms with Gasteiger partial charge < -0.3 is 9.88 Å². The minimum absolute atomic E-state index is 0.597. The summed E-state index contributed by atoms with van der Waals surface area (Å²) >= 11 is 0. The summed E-state index contributed by atoms with van der Waals surface area (Å²) in [4.78, 5) is 4.44. The van der Waals surface area contributed by atoms with Gasteiger partial charge in [0.25, 0.3) is 0 Å². The van der Waals surface area contributed by atoms with Gasteiger partial charge in [-0.2, -0.15) is 5.10 Å². The molecular weight excluding hydrogens is 238 g/mol. The zero-order chi connectivity index (χ0) is 13.1. The van der Waals surface area contributed by atoms with Crippen LogP contribution in [0, 0.1) is 0 Å². The Morgan fingerprint density at radius 1 is 1.32 bits per heavy atom. The Bertz CT molecular complexity index is 521. The van der Waals surface area contributed by atoms with Crippen molar-refractivity contribution in [1.82, 2.24) is 19.3 Å². The lowest BCUT2D eigenvalue weighted by molar-refractivity contribution is 0.356. The third-order valence-corrected chi connectivity index (χ3v) is 3.85. The molecule has 5 heteroatoms. The normalized spacial score (nSPS) is 16.7. The van der Waals surface area contributed by atoms with Crippen LogP contribution in [0.25, 0.3) is 0 Å². The maximum Gasteiger partial charge on any atom is 0.207 e. The molecule has 3 rings (SSSR count). The average molecular weight is 259 g/mol. The summed E-state index contributed by atoms with van der Waals surface area (Å²) in [5.74, 6) is 0.933. The molecule has 0 aromatic carbocycles. The molecule has 0 saturated heterocycles. The standard InChI is InChI=1S/C14H21N5/c1-2-18-11-12(10-16-18)17-14-15-8-9-19(14)13-6-4-3-5-7-13/h8-11,13H,2-7H2,1H3,(H,15,17). The quantitative estimate of drug-likeness (QED) is 0.916. The van der Waals surface area contributed by atoms with Crippen molar-refractivity contribution in [3.8, 4) is 0 Å². The Kier molecular flexibility index (Phi) is 3.53. The summed E-state index contributed by atoms with van der Waals surface area (Å²) in [6.07, 6.45) is 14.4. The number of hydrogen-bond acceptors (Lipinski definition) is 3. The van der Waals surface area contributed by atoms with Gasteiger partial charge in [-0.25, -0.2) is 4.98 Å². The molecule has 0 unspecified atom stereocenters. The van der Waals surface area contributed by atoms with Crippen molar-refractivity contribution >= 4 is 11.6 Å². The van der Waals surface area contributed by atoms with Gasteiger partial charge in [0, 0.05) is 31.2 Å². The van der Waals surface area contributed by atoms with Crippen molar-refractivity contribution in [3.63, 3.8) is 0 Å². The second-order valence-corrected chi connectivity index (χ2v) is 5.16. The van der Waals surface area contributed by atoms with E-state index in [4.69, 9.17) is 0 Å². The summed E-state index contributed by atoms with van der Waals surface area (Å²) in [6, 6.07) is 0.597. The molecule has 1 saturated carbocycles. The van der Waals surface area contributed by atoms with E-state index in [9.17, 15) is 0 Å². The molecule has 2 aromatic rings. The van der Waals surface area contributed by atoms with Crippen molar-refractivity contribution in [2.75, 3.05) is 5.32 Å². The maximum absolute atomic E-state index is 4.44. The minimum Gasteiger partial charge on any atom is -0.323 e. The average Bonchev–Trinajstić information content (AvgIpc) is 3.09. The number of anilines is 2. The minimum atomic E-state index is 0.597. The number of hydrogen-bond donors (Lipinski definition) is 1. The Morgan fingerprint density at radius 2 is 2.16 bits per heavy atom. The monoisotopic (exact) mass is 259 g/mol. The number of rotatable bonds is 4. The van der Waals surface area contributed by atoms with Gasteiger partial charge >= 0.3 is 0 Å². The largest absolute Gasteiger partial charge is 0.323 e. The summed E-state index contributed by atoms with van der Waals surface area (Å²) in [7, 11) is 0. The third-order valence-electron chi connectivity index (χ3n) is 3.85. The number of imidazole rings is 1.